The normalized spacial score (nSPS) is 44.5. The van der Waals surface area contributed by atoms with Crippen LogP contribution in [0, 0.1) is 68.5 Å². The lowest BCUT2D eigenvalue weighted by Gasteiger charge is -2.73. The van der Waals surface area contributed by atoms with Gasteiger partial charge in [-0.25, -0.2) is 0 Å². The number of aliphatic carboxylic acids is 1. The molecule has 0 spiro atoms. The molecule has 6 rings (SSSR count). The Morgan fingerprint density at radius 1 is 0.902 bits per heavy atom. The highest BCUT2D eigenvalue weighted by atomic mass is 16.5. The summed E-state index contributed by atoms with van der Waals surface area (Å²) >= 11 is 0. The Kier molecular flexibility index (Phi) is 10.2. The van der Waals surface area contributed by atoms with Gasteiger partial charge in [-0.15, -0.1) is 0 Å². The van der Waals surface area contributed by atoms with Gasteiger partial charge in [0.2, 0.25) is 5.91 Å². The second kappa shape index (κ2) is 13.4. The predicted octanol–water partition coefficient (Wildman–Crippen LogP) is 8.90. The fourth-order valence-corrected chi connectivity index (χ4v) is 14.6. The maximum absolute atomic E-state index is 13.9. The van der Waals surface area contributed by atoms with E-state index in [1.165, 1.54) is 37.7 Å². The van der Waals surface area contributed by atoms with Crippen LogP contribution in [0.1, 0.15) is 145 Å². The van der Waals surface area contributed by atoms with Crippen LogP contribution in [0.25, 0.3) is 0 Å². The van der Waals surface area contributed by atoms with Crippen LogP contribution in [0.2, 0.25) is 0 Å². The van der Waals surface area contributed by atoms with Crippen LogP contribution in [-0.2, 0) is 19.1 Å². The molecule has 0 aromatic rings. The van der Waals surface area contributed by atoms with Crippen molar-refractivity contribution in [2.45, 2.75) is 163 Å². The van der Waals surface area contributed by atoms with E-state index in [1.54, 1.807) is 13.8 Å². The molecule has 1 unspecified atom stereocenters. The van der Waals surface area contributed by atoms with E-state index in [-0.39, 0.29) is 40.1 Å². The molecule has 0 aromatic heterocycles. The predicted molar refractivity (Wildman–Crippen MR) is 203 cm³/mol. The molecule has 0 saturated heterocycles. The van der Waals surface area contributed by atoms with Crippen LogP contribution >= 0.6 is 0 Å². The summed E-state index contributed by atoms with van der Waals surface area (Å²) in [6.07, 6.45) is 13.9. The molecule has 0 aliphatic heterocycles. The van der Waals surface area contributed by atoms with E-state index < -0.39 is 17.4 Å². The number of ether oxygens (including phenoxy) is 1. The van der Waals surface area contributed by atoms with E-state index in [9.17, 15) is 19.5 Å². The Morgan fingerprint density at radius 2 is 1.61 bits per heavy atom. The molecule has 1 amide bonds. The van der Waals surface area contributed by atoms with Crippen molar-refractivity contribution in [1.82, 2.24) is 10.2 Å². The maximum atomic E-state index is 13.9. The quantitative estimate of drug-likeness (QED) is 0.184. The van der Waals surface area contributed by atoms with Crippen molar-refractivity contribution < 1.29 is 24.2 Å². The van der Waals surface area contributed by atoms with Crippen molar-refractivity contribution in [3.8, 4) is 0 Å². The Hall–Kier alpha value is -1.89. The Labute approximate surface area is 309 Å². The van der Waals surface area contributed by atoms with E-state index in [2.05, 4.69) is 72.4 Å². The molecule has 0 bridgehead atoms. The first-order chi connectivity index (χ1) is 23.7. The van der Waals surface area contributed by atoms with Crippen LogP contribution in [0.5, 0.6) is 0 Å². The summed E-state index contributed by atoms with van der Waals surface area (Å²) in [5.74, 6) is 2.77. The fourth-order valence-electron chi connectivity index (χ4n) is 14.6. The van der Waals surface area contributed by atoms with E-state index in [4.69, 9.17) is 4.74 Å². The molecular formula is C44H72N2O5. The van der Waals surface area contributed by atoms with Crippen LogP contribution in [0.4, 0.5) is 0 Å². The molecule has 6 fully saturated rings. The summed E-state index contributed by atoms with van der Waals surface area (Å²) in [5.41, 5.74) is 0.449. The zero-order chi connectivity index (χ0) is 37.5. The van der Waals surface area contributed by atoms with Crippen molar-refractivity contribution in [3.05, 3.63) is 12.2 Å². The maximum Gasteiger partial charge on any atom is 0.309 e. The third-order valence-electron chi connectivity index (χ3n) is 17.4. The number of carbonyl (C=O) groups excluding carboxylic acids is 2. The summed E-state index contributed by atoms with van der Waals surface area (Å²) < 4.78 is 6.20. The molecule has 7 heteroatoms. The number of hydrogen-bond donors (Lipinski definition) is 2. The van der Waals surface area contributed by atoms with Crippen LogP contribution in [0.3, 0.4) is 0 Å². The Bertz CT molecular complexity index is 1390. The van der Waals surface area contributed by atoms with Gasteiger partial charge in [0.1, 0.15) is 6.10 Å². The second-order valence-electron chi connectivity index (χ2n) is 21.0. The van der Waals surface area contributed by atoms with Crippen LogP contribution in [0.15, 0.2) is 12.2 Å². The average molecular weight is 709 g/mol. The molecule has 6 aliphatic carbocycles. The summed E-state index contributed by atoms with van der Waals surface area (Å²) in [6.45, 7) is 22.5. The molecular weight excluding hydrogens is 636 g/mol. The number of carboxylic acids is 1. The third-order valence-corrected chi connectivity index (χ3v) is 17.4. The topological polar surface area (TPSA) is 95.9 Å². The number of amides is 1. The number of rotatable bonds is 9. The fraction of sp³-hybridized carbons (Fsp3) is 0.886. The number of nitrogens with zero attached hydrogens (tertiary/aromatic N) is 1. The van der Waals surface area contributed by atoms with Gasteiger partial charge in [0.05, 0.1) is 11.8 Å². The Morgan fingerprint density at radius 3 is 2.24 bits per heavy atom. The van der Waals surface area contributed by atoms with Gasteiger partial charge in [-0.3, -0.25) is 14.4 Å². The number of nitrogens with one attached hydrogen (secondary N) is 1. The molecule has 7 nitrogen and oxygen atoms in total. The monoisotopic (exact) mass is 709 g/mol. The minimum Gasteiger partial charge on any atom is -0.481 e. The number of carbonyl (C=O) groups is 3. The largest absolute Gasteiger partial charge is 0.481 e. The summed E-state index contributed by atoms with van der Waals surface area (Å²) in [4.78, 5) is 41.1. The summed E-state index contributed by atoms with van der Waals surface area (Å²) in [5, 5.41) is 13.1. The van der Waals surface area contributed by atoms with Crippen molar-refractivity contribution in [2.75, 3.05) is 14.1 Å². The van der Waals surface area contributed by atoms with E-state index in [0.29, 0.717) is 59.9 Å². The average Bonchev–Trinajstić information content (AvgIpc) is 3.67. The highest BCUT2D eigenvalue weighted by Crippen LogP contribution is 2.77. The van der Waals surface area contributed by atoms with Crippen molar-refractivity contribution in [3.63, 3.8) is 0 Å². The van der Waals surface area contributed by atoms with Crippen molar-refractivity contribution >= 4 is 17.8 Å². The molecule has 0 heterocycles. The first-order valence-corrected chi connectivity index (χ1v) is 20.7. The minimum atomic E-state index is -1.14. The van der Waals surface area contributed by atoms with Gasteiger partial charge in [0.25, 0.3) is 0 Å². The third kappa shape index (κ3) is 6.43. The number of allylic oxidation sites excluding steroid dienone is 1. The lowest BCUT2D eigenvalue weighted by molar-refractivity contribution is -0.249. The lowest BCUT2D eigenvalue weighted by Crippen LogP contribution is -2.66. The van der Waals surface area contributed by atoms with E-state index in [1.807, 2.05) is 0 Å². The molecule has 2 N–H and O–H groups in total. The lowest BCUT2D eigenvalue weighted by atomic mass is 9.32. The van der Waals surface area contributed by atoms with Gasteiger partial charge >= 0.3 is 11.9 Å². The summed E-state index contributed by atoms with van der Waals surface area (Å²) in [7, 11) is 4.32. The summed E-state index contributed by atoms with van der Waals surface area (Å²) in [6, 6.07) is 0.861. The van der Waals surface area contributed by atoms with Crippen molar-refractivity contribution in [2.24, 2.45) is 68.5 Å². The van der Waals surface area contributed by atoms with Crippen LogP contribution in [-0.4, -0.2) is 60.1 Å². The molecule has 51 heavy (non-hydrogen) atoms. The molecule has 0 aromatic carbocycles. The van der Waals surface area contributed by atoms with Gasteiger partial charge in [0, 0.05) is 23.9 Å². The van der Waals surface area contributed by atoms with Gasteiger partial charge in [-0.2, -0.15) is 0 Å². The highest BCUT2D eigenvalue weighted by molar-refractivity contribution is 5.81. The molecule has 0 radical (unpaired) electrons. The number of carboxylic acid groups (broad SMARTS) is 1. The van der Waals surface area contributed by atoms with Crippen molar-refractivity contribution in [1.29, 1.82) is 0 Å². The van der Waals surface area contributed by atoms with E-state index >= 15 is 0 Å². The van der Waals surface area contributed by atoms with Gasteiger partial charge < -0.3 is 20.1 Å². The molecule has 13 atom stereocenters. The number of fused-ring (bicyclic) bond motifs is 7. The van der Waals surface area contributed by atoms with Gasteiger partial charge in [0.15, 0.2) is 0 Å². The SMILES string of the molecule is C=C(C)[C@@H]1CCC2[C@@H](CC(=O)N[C@H]3CC[C@H](N(C)C)C3)C[C@]3(C)[C@H](CC[C@@H]4[C@@]5(C)CC[C@H](OC(=O)CC(C)(C)C(=O)O)C(C)(C)[C@@H]5CC[C@]43C)[C@H]21. The number of hydrogen-bond acceptors (Lipinski definition) is 5. The molecule has 6 aliphatic rings. The number of esters is 1. The first kappa shape index (κ1) is 38.8. The zero-order valence-electron chi connectivity index (χ0n) is 33.9. The van der Waals surface area contributed by atoms with Gasteiger partial charge in [-0.1, -0.05) is 46.8 Å². The zero-order valence-corrected chi connectivity index (χ0v) is 33.9. The second-order valence-corrected chi connectivity index (χ2v) is 21.0. The van der Waals surface area contributed by atoms with E-state index in [0.717, 1.165) is 44.9 Å². The van der Waals surface area contributed by atoms with Crippen LogP contribution < -0.4 is 5.32 Å². The standard InChI is InChI=1S/C44H72N2O5/c1-26(2)30-14-15-31-27(22-36(47)45-28-12-13-29(23-28)46(10)11)24-44(9)32(38(30)31)16-17-34-42(7)20-19-35(51-37(48)25-40(3,4)39(49)50)41(5,6)33(42)18-21-43(34,44)8/h27-35,38H,1,12-25H2,2-11H3,(H,45,47)(H,49,50)/t27-,28-,29-,30-,31?,32+,33-,34+,35-,38-,42-,43+,44+/m0/s1. The van der Waals surface area contributed by atoms with Gasteiger partial charge in [-0.05, 0) is 170 Å². The Balaban J connectivity index is 1.24. The minimum absolute atomic E-state index is 0.110. The first-order valence-electron chi connectivity index (χ1n) is 20.7. The smallest absolute Gasteiger partial charge is 0.309 e. The molecule has 288 valence electrons. The highest BCUT2D eigenvalue weighted by Gasteiger charge is 2.70. The molecule has 6 saturated carbocycles.